The Bertz CT molecular complexity index is 360. The van der Waals surface area contributed by atoms with E-state index >= 15 is 0 Å². The van der Waals surface area contributed by atoms with Gasteiger partial charge in [0.05, 0.1) is 52.7 Å². The first-order valence-electron chi connectivity index (χ1n) is 13.5. The molecule has 34 heavy (non-hydrogen) atoms. The molecule has 0 fully saturated rings. The molecule has 0 saturated carbocycles. The fourth-order valence-corrected chi connectivity index (χ4v) is 2.64. The summed E-state index contributed by atoms with van der Waals surface area (Å²) in [6, 6.07) is 0. The van der Waals surface area contributed by atoms with Gasteiger partial charge in [0.25, 0.3) is 0 Å². The van der Waals surface area contributed by atoms with Crippen LogP contribution in [0, 0.1) is 0 Å². The molecule has 0 unspecified atom stereocenters. The average molecular weight is 495 g/mol. The maximum atomic E-state index is 5.99. The van der Waals surface area contributed by atoms with Crippen LogP contribution in [0.5, 0.6) is 0 Å². The summed E-state index contributed by atoms with van der Waals surface area (Å²) in [5, 5.41) is 7.13. The summed E-state index contributed by atoms with van der Waals surface area (Å²) < 4.78 is 0. The Morgan fingerprint density at radius 2 is 0.559 bits per heavy atom. The molecule has 0 aromatic carbocycles. The zero-order valence-electron chi connectivity index (χ0n) is 23.0. The highest BCUT2D eigenvalue weighted by Crippen LogP contribution is 2.03. The number of hydroxylamine groups is 8. The lowest BCUT2D eigenvalue weighted by Gasteiger charge is -2.29. The summed E-state index contributed by atoms with van der Waals surface area (Å²) in [6.07, 6.45) is 5.65. The van der Waals surface area contributed by atoms with E-state index in [4.69, 9.17) is 29.0 Å². The van der Waals surface area contributed by atoms with E-state index in [9.17, 15) is 0 Å². The standard InChI is InChI=1S/C24H54N4O6/c1-7-19-29-25(15-17-27(31-21-9-3)32-22-10-4)13-14-26(30-20-8-2)16-18-28(33-23-11-5)34-24-12-6/h7-24H2,1-6H3. The summed E-state index contributed by atoms with van der Waals surface area (Å²) >= 11 is 0. The molecule has 0 N–H and O–H groups in total. The molecule has 0 radical (unpaired) electrons. The molecule has 0 aromatic heterocycles. The zero-order valence-corrected chi connectivity index (χ0v) is 23.0. The van der Waals surface area contributed by atoms with Crippen LogP contribution in [0.25, 0.3) is 0 Å². The van der Waals surface area contributed by atoms with E-state index in [1.165, 1.54) is 0 Å². The maximum Gasteiger partial charge on any atom is 0.0709 e. The van der Waals surface area contributed by atoms with E-state index < -0.39 is 0 Å². The van der Waals surface area contributed by atoms with Gasteiger partial charge < -0.3 is 0 Å². The fourth-order valence-electron chi connectivity index (χ4n) is 2.64. The van der Waals surface area contributed by atoms with Crippen LogP contribution in [0.2, 0.25) is 0 Å². The van der Waals surface area contributed by atoms with Gasteiger partial charge in [-0.3, -0.25) is 29.0 Å². The molecule has 0 heterocycles. The number of rotatable bonds is 27. The second-order valence-electron chi connectivity index (χ2n) is 7.97. The highest BCUT2D eigenvalue weighted by molar-refractivity contribution is 4.55. The molecule has 0 aliphatic rings. The van der Waals surface area contributed by atoms with Crippen molar-refractivity contribution in [2.75, 3.05) is 78.9 Å². The van der Waals surface area contributed by atoms with Gasteiger partial charge in [-0.1, -0.05) is 52.0 Å². The first-order valence-corrected chi connectivity index (χ1v) is 13.5. The van der Waals surface area contributed by atoms with Crippen LogP contribution < -0.4 is 0 Å². The van der Waals surface area contributed by atoms with Crippen molar-refractivity contribution >= 4 is 0 Å². The van der Waals surface area contributed by atoms with E-state index in [1.807, 2.05) is 10.1 Å². The van der Waals surface area contributed by atoms with E-state index in [0.29, 0.717) is 78.9 Å². The highest BCUT2D eigenvalue weighted by Gasteiger charge is 2.15. The normalized spacial score (nSPS) is 12.2. The predicted octanol–water partition coefficient (Wildman–Crippen LogP) is 4.24. The van der Waals surface area contributed by atoms with Gasteiger partial charge in [0.1, 0.15) is 0 Å². The van der Waals surface area contributed by atoms with Crippen LogP contribution in [0.3, 0.4) is 0 Å². The SMILES string of the molecule is CCCON(CCN(CCN(OCCC)OCCC)OCCC)CCN(OCCC)OCCC. The molecule has 0 amide bonds. The third-order valence-electron chi connectivity index (χ3n) is 4.38. The van der Waals surface area contributed by atoms with Crippen LogP contribution in [-0.4, -0.2) is 99.5 Å². The maximum absolute atomic E-state index is 5.99. The topological polar surface area (TPSA) is 68.3 Å². The summed E-state index contributed by atoms with van der Waals surface area (Å²) in [4.78, 5) is 34.8. The first kappa shape index (κ1) is 33.6. The van der Waals surface area contributed by atoms with Gasteiger partial charge in [0.15, 0.2) is 0 Å². The molecular weight excluding hydrogens is 440 g/mol. The second-order valence-corrected chi connectivity index (χ2v) is 7.97. The molecule has 10 nitrogen and oxygen atoms in total. The largest absolute Gasteiger partial charge is 0.299 e. The molecule has 0 aliphatic heterocycles. The van der Waals surface area contributed by atoms with E-state index in [0.717, 1.165) is 38.5 Å². The monoisotopic (exact) mass is 494 g/mol. The Hall–Kier alpha value is -0.400. The van der Waals surface area contributed by atoms with Crippen molar-refractivity contribution in [1.29, 1.82) is 0 Å². The van der Waals surface area contributed by atoms with E-state index in [-0.39, 0.29) is 0 Å². The lowest BCUT2D eigenvalue weighted by atomic mass is 10.5. The third kappa shape index (κ3) is 19.9. The lowest BCUT2D eigenvalue weighted by molar-refractivity contribution is -0.373. The van der Waals surface area contributed by atoms with Crippen LogP contribution in [0.1, 0.15) is 80.1 Å². The minimum absolute atomic E-state index is 0.600. The van der Waals surface area contributed by atoms with Crippen molar-refractivity contribution in [3.8, 4) is 0 Å². The van der Waals surface area contributed by atoms with Gasteiger partial charge in [-0.25, -0.2) is 0 Å². The molecule has 0 aromatic rings. The first-order chi connectivity index (χ1) is 16.6. The average Bonchev–Trinajstić information content (AvgIpc) is 2.86. The van der Waals surface area contributed by atoms with Gasteiger partial charge >= 0.3 is 0 Å². The van der Waals surface area contributed by atoms with Crippen LogP contribution in [-0.2, 0) is 29.0 Å². The smallest absolute Gasteiger partial charge is 0.0709 e. The summed E-state index contributed by atoms with van der Waals surface area (Å²) in [6.45, 7) is 20.4. The molecule has 0 spiro atoms. The summed E-state index contributed by atoms with van der Waals surface area (Å²) in [7, 11) is 0. The Morgan fingerprint density at radius 3 is 0.824 bits per heavy atom. The fraction of sp³-hybridized carbons (Fsp3) is 1.00. The van der Waals surface area contributed by atoms with Crippen molar-refractivity contribution in [2.45, 2.75) is 80.1 Å². The molecule has 0 saturated heterocycles. The molecule has 0 bridgehead atoms. The molecule has 0 rings (SSSR count). The quantitative estimate of drug-likeness (QED) is 0.155. The second kappa shape index (κ2) is 25.7. The van der Waals surface area contributed by atoms with Gasteiger partial charge in [-0.05, 0) is 38.5 Å². The van der Waals surface area contributed by atoms with Crippen molar-refractivity contribution < 1.29 is 29.0 Å². The van der Waals surface area contributed by atoms with Gasteiger partial charge in [-0.15, -0.1) is 0 Å². The van der Waals surface area contributed by atoms with Crippen LogP contribution in [0.15, 0.2) is 0 Å². The van der Waals surface area contributed by atoms with Gasteiger partial charge in [-0.2, -0.15) is 10.1 Å². The van der Waals surface area contributed by atoms with Crippen molar-refractivity contribution in [1.82, 2.24) is 20.6 Å². The molecule has 0 atom stereocenters. The minimum Gasteiger partial charge on any atom is -0.299 e. The van der Waals surface area contributed by atoms with Gasteiger partial charge in [0, 0.05) is 26.2 Å². The lowest BCUT2D eigenvalue weighted by Crippen LogP contribution is -2.42. The number of hydrogen-bond donors (Lipinski definition) is 0. The Labute approximate surface area is 209 Å². The third-order valence-corrected chi connectivity index (χ3v) is 4.38. The zero-order chi connectivity index (χ0) is 25.3. The highest BCUT2D eigenvalue weighted by atomic mass is 17.0. The minimum atomic E-state index is 0.600. The van der Waals surface area contributed by atoms with Crippen molar-refractivity contribution in [3.63, 3.8) is 0 Å². The summed E-state index contributed by atoms with van der Waals surface area (Å²) in [5.41, 5.74) is 0. The Morgan fingerprint density at radius 1 is 0.324 bits per heavy atom. The van der Waals surface area contributed by atoms with Crippen LogP contribution >= 0.6 is 0 Å². The molecule has 0 aliphatic carbocycles. The summed E-state index contributed by atoms with van der Waals surface area (Å²) in [5.74, 6) is 0. The van der Waals surface area contributed by atoms with Crippen molar-refractivity contribution in [2.24, 2.45) is 0 Å². The predicted molar refractivity (Wildman–Crippen MR) is 134 cm³/mol. The van der Waals surface area contributed by atoms with E-state index in [1.54, 1.807) is 10.5 Å². The van der Waals surface area contributed by atoms with E-state index in [2.05, 4.69) is 41.5 Å². The Balaban J connectivity index is 4.82. The Kier molecular flexibility index (Phi) is 25.4. The van der Waals surface area contributed by atoms with Crippen molar-refractivity contribution in [3.05, 3.63) is 0 Å². The van der Waals surface area contributed by atoms with Gasteiger partial charge in [0.2, 0.25) is 0 Å². The molecule has 206 valence electrons. The molecule has 10 heteroatoms. The number of hydrogen-bond acceptors (Lipinski definition) is 10. The van der Waals surface area contributed by atoms with Crippen LogP contribution in [0.4, 0.5) is 0 Å². The molecular formula is C24H54N4O6. The number of nitrogens with zero attached hydrogens (tertiary/aromatic N) is 4.